The molecule has 0 amide bonds. The highest BCUT2D eigenvalue weighted by Crippen LogP contribution is 2.36. The van der Waals surface area contributed by atoms with E-state index in [0.717, 1.165) is 24.3 Å². The third-order valence-electron chi connectivity index (χ3n) is 4.17. The van der Waals surface area contributed by atoms with Crippen LogP contribution in [0.15, 0.2) is 0 Å². The van der Waals surface area contributed by atoms with Crippen LogP contribution in [0.2, 0.25) is 0 Å². The van der Waals surface area contributed by atoms with E-state index >= 15 is 0 Å². The lowest BCUT2D eigenvalue weighted by molar-refractivity contribution is -0.151. The van der Waals surface area contributed by atoms with Crippen molar-refractivity contribution in [1.82, 2.24) is 4.90 Å². The maximum Gasteiger partial charge on any atom is 0.324 e. The number of rotatable bonds is 3. The second-order valence-electron chi connectivity index (χ2n) is 5.04. The first-order chi connectivity index (χ1) is 7.67. The van der Waals surface area contributed by atoms with Gasteiger partial charge < -0.3 is 5.11 Å². The van der Waals surface area contributed by atoms with Crippen molar-refractivity contribution in [3.63, 3.8) is 0 Å². The van der Waals surface area contributed by atoms with Crippen molar-refractivity contribution >= 4 is 17.7 Å². The Morgan fingerprint density at radius 2 is 2.06 bits per heavy atom. The molecule has 2 aliphatic rings. The lowest BCUT2D eigenvalue weighted by atomic mass is 9.91. The molecule has 1 aliphatic carbocycles. The predicted octanol–water partition coefficient (Wildman–Crippen LogP) is 2.21. The normalized spacial score (nSPS) is 32.1. The zero-order chi connectivity index (χ0) is 11.6. The van der Waals surface area contributed by atoms with E-state index in [4.69, 9.17) is 0 Å². The minimum Gasteiger partial charge on any atom is -0.480 e. The Morgan fingerprint density at radius 3 is 2.56 bits per heavy atom. The summed E-state index contributed by atoms with van der Waals surface area (Å²) < 4.78 is 0. The maximum atomic E-state index is 11.6. The largest absolute Gasteiger partial charge is 0.480 e. The number of carbonyl (C=O) groups is 1. The lowest BCUT2D eigenvalue weighted by Gasteiger charge is -2.43. The summed E-state index contributed by atoms with van der Waals surface area (Å²) in [6.45, 7) is 0. The van der Waals surface area contributed by atoms with Crippen molar-refractivity contribution in [2.75, 3.05) is 18.6 Å². The van der Waals surface area contributed by atoms with Crippen LogP contribution in [0, 0.1) is 0 Å². The summed E-state index contributed by atoms with van der Waals surface area (Å²) in [6, 6.07) is 0.495. The first-order valence-electron chi connectivity index (χ1n) is 6.21. The molecule has 2 fully saturated rings. The number of nitrogens with zero attached hydrogens (tertiary/aromatic N) is 1. The molecule has 0 aromatic carbocycles. The van der Waals surface area contributed by atoms with Gasteiger partial charge in [0.05, 0.1) is 0 Å². The fraction of sp³-hybridized carbons (Fsp3) is 0.917. The van der Waals surface area contributed by atoms with Gasteiger partial charge in [0.25, 0.3) is 0 Å². The molecule has 1 unspecified atom stereocenters. The molecule has 3 nitrogen and oxygen atoms in total. The van der Waals surface area contributed by atoms with Gasteiger partial charge in [0.15, 0.2) is 0 Å². The molecule has 92 valence electrons. The van der Waals surface area contributed by atoms with Gasteiger partial charge in [-0.1, -0.05) is 12.8 Å². The number of thioether (sulfide) groups is 1. The molecule has 1 heterocycles. The summed E-state index contributed by atoms with van der Waals surface area (Å²) in [7, 11) is 2.02. The zero-order valence-corrected chi connectivity index (χ0v) is 10.8. The van der Waals surface area contributed by atoms with Gasteiger partial charge in [-0.2, -0.15) is 11.8 Å². The number of likely N-dealkylation sites (N-methyl/N-ethyl adjacent to an activating group) is 1. The molecule has 0 aromatic rings. The lowest BCUT2D eigenvalue weighted by Crippen LogP contribution is -2.59. The third kappa shape index (κ3) is 2.09. The Hall–Kier alpha value is -0.220. The zero-order valence-electron chi connectivity index (χ0n) is 9.95. The van der Waals surface area contributed by atoms with E-state index in [1.54, 1.807) is 11.8 Å². The van der Waals surface area contributed by atoms with E-state index in [1.165, 1.54) is 25.7 Å². The summed E-state index contributed by atoms with van der Waals surface area (Å²) >= 11 is 1.79. The molecule has 1 saturated heterocycles. The summed E-state index contributed by atoms with van der Waals surface area (Å²) in [5, 5.41) is 9.56. The number of hydrogen-bond donors (Lipinski definition) is 1. The molecular formula is C12H21NO2S. The summed E-state index contributed by atoms with van der Waals surface area (Å²) in [5.74, 6) is 1.26. The van der Waals surface area contributed by atoms with Crippen molar-refractivity contribution in [2.45, 2.75) is 50.1 Å². The van der Waals surface area contributed by atoms with Crippen LogP contribution in [0.3, 0.4) is 0 Å². The van der Waals surface area contributed by atoms with Crippen LogP contribution in [0.5, 0.6) is 0 Å². The van der Waals surface area contributed by atoms with Gasteiger partial charge in [0.1, 0.15) is 5.54 Å². The molecule has 0 radical (unpaired) electrons. The number of carboxylic acids is 1. The Labute approximate surface area is 102 Å². The topological polar surface area (TPSA) is 40.5 Å². The number of carboxylic acid groups (broad SMARTS) is 1. The van der Waals surface area contributed by atoms with Crippen molar-refractivity contribution < 1.29 is 9.90 Å². The predicted molar refractivity (Wildman–Crippen MR) is 66.9 cm³/mol. The monoisotopic (exact) mass is 243 g/mol. The Bertz CT molecular complexity index is 258. The minimum absolute atomic E-state index is 0.495. The highest BCUT2D eigenvalue weighted by Gasteiger charge is 2.46. The van der Waals surface area contributed by atoms with Crippen molar-refractivity contribution in [2.24, 2.45) is 0 Å². The molecule has 16 heavy (non-hydrogen) atoms. The smallest absolute Gasteiger partial charge is 0.324 e. The molecule has 0 aromatic heterocycles. The molecule has 1 N–H and O–H groups in total. The summed E-state index contributed by atoms with van der Waals surface area (Å²) in [5.41, 5.74) is -0.585. The molecule has 2 rings (SSSR count). The number of aliphatic carboxylic acids is 1. The van der Waals surface area contributed by atoms with Crippen LogP contribution < -0.4 is 0 Å². The van der Waals surface area contributed by atoms with E-state index in [-0.39, 0.29) is 0 Å². The summed E-state index contributed by atoms with van der Waals surface area (Å²) in [6.07, 6.45) is 6.73. The van der Waals surface area contributed by atoms with E-state index in [9.17, 15) is 9.90 Å². The van der Waals surface area contributed by atoms with Crippen LogP contribution in [0.1, 0.15) is 38.5 Å². The Morgan fingerprint density at radius 1 is 1.38 bits per heavy atom. The molecular weight excluding hydrogens is 222 g/mol. The van der Waals surface area contributed by atoms with Crippen LogP contribution >= 0.6 is 11.8 Å². The molecule has 0 spiro atoms. The second kappa shape index (κ2) is 4.96. The average Bonchev–Trinajstić information content (AvgIpc) is 2.82. The van der Waals surface area contributed by atoms with Crippen LogP contribution in [-0.4, -0.2) is 46.1 Å². The third-order valence-corrected chi connectivity index (χ3v) is 5.42. The van der Waals surface area contributed by atoms with E-state index in [2.05, 4.69) is 4.90 Å². The minimum atomic E-state index is -0.617. The molecule has 1 aliphatic heterocycles. The van der Waals surface area contributed by atoms with Crippen LogP contribution in [-0.2, 0) is 4.79 Å². The first kappa shape index (κ1) is 12.2. The molecule has 1 atom stereocenters. The van der Waals surface area contributed by atoms with E-state index in [0.29, 0.717) is 6.04 Å². The molecule has 4 heteroatoms. The van der Waals surface area contributed by atoms with Crippen molar-refractivity contribution in [3.05, 3.63) is 0 Å². The van der Waals surface area contributed by atoms with Crippen LogP contribution in [0.4, 0.5) is 0 Å². The van der Waals surface area contributed by atoms with E-state index < -0.39 is 11.5 Å². The highest BCUT2D eigenvalue weighted by atomic mass is 32.2. The Kier molecular flexibility index (Phi) is 3.80. The van der Waals surface area contributed by atoms with E-state index in [1.807, 2.05) is 7.05 Å². The standard InChI is InChI=1S/C12H21NO2S/c1-13(10-5-2-3-6-10)12(11(14)15)7-4-8-16-9-12/h10H,2-9H2,1H3,(H,14,15). The maximum absolute atomic E-state index is 11.6. The quantitative estimate of drug-likeness (QED) is 0.825. The van der Waals surface area contributed by atoms with Gasteiger partial charge in [0.2, 0.25) is 0 Å². The number of hydrogen-bond acceptors (Lipinski definition) is 3. The second-order valence-corrected chi connectivity index (χ2v) is 6.15. The highest BCUT2D eigenvalue weighted by molar-refractivity contribution is 7.99. The fourth-order valence-corrected chi connectivity index (χ4v) is 4.32. The van der Waals surface area contributed by atoms with Gasteiger partial charge in [-0.05, 0) is 38.5 Å². The summed E-state index contributed by atoms with van der Waals surface area (Å²) in [4.78, 5) is 13.8. The SMILES string of the molecule is CN(C1CCCC1)C1(C(=O)O)CCCSC1. The first-order valence-corrected chi connectivity index (χ1v) is 7.36. The van der Waals surface area contributed by atoms with Crippen molar-refractivity contribution in [1.29, 1.82) is 0 Å². The van der Waals surface area contributed by atoms with Gasteiger partial charge in [-0.25, -0.2) is 0 Å². The average molecular weight is 243 g/mol. The van der Waals surface area contributed by atoms with Gasteiger partial charge in [-0.3, -0.25) is 9.69 Å². The van der Waals surface area contributed by atoms with Crippen molar-refractivity contribution in [3.8, 4) is 0 Å². The van der Waals surface area contributed by atoms with Gasteiger partial charge >= 0.3 is 5.97 Å². The van der Waals surface area contributed by atoms with Crippen LogP contribution in [0.25, 0.3) is 0 Å². The molecule has 0 bridgehead atoms. The Balaban J connectivity index is 2.13. The van der Waals surface area contributed by atoms with Gasteiger partial charge in [-0.15, -0.1) is 0 Å². The van der Waals surface area contributed by atoms with Gasteiger partial charge in [0, 0.05) is 11.8 Å². The molecule has 1 saturated carbocycles. The fourth-order valence-electron chi connectivity index (χ4n) is 3.02.